The summed E-state index contributed by atoms with van der Waals surface area (Å²) in [6, 6.07) is 16.4. The molecule has 3 aliphatic rings. The quantitative estimate of drug-likeness (QED) is 0.461. The lowest BCUT2D eigenvalue weighted by molar-refractivity contribution is 0.0459. The van der Waals surface area contributed by atoms with Gasteiger partial charge in [-0.3, -0.25) is 4.90 Å². The number of benzene rings is 2. The molecule has 2 fully saturated rings. The topological polar surface area (TPSA) is 51.2 Å². The Morgan fingerprint density at radius 2 is 1.71 bits per heavy atom. The van der Waals surface area contributed by atoms with Crippen LogP contribution >= 0.6 is 42.9 Å². The molecule has 2 saturated heterocycles. The van der Waals surface area contributed by atoms with Crippen molar-refractivity contribution in [2.24, 2.45) is 5.92 Å². The molecule has 192 valence electrons. The number of amides is 1. The van der Waals surface area contributed by atoms with Crippen molar-refractivity contribution in [2.45, 2.75) is 37.8 Å². The fourth-order valence-corrected chi connectivity index (χ4v) is 5.52. The highest BCUT2D eigenvalue weighted by molar-refractivity contribution is 9.10. The number of piperidine rings is 1. The highest BCUT2D eigenvalue weighted by Gasteiger charge is 2.34. The van der Waals surface area contributed by atoms with E-state index in [4.69, 9.17) is 14.2 Å². The Balaban J connectivity index is 0.00000171. The van der Waals surface area contributed by atoms with Crippen molar-refractivity contribution in [1.82, 2.24) is 9.80 Å². The molecule has 2 atom stereocenters. The number of ether oxygens (including phenoxy) is 3. The molecule has 0 unspecified atom stereocenters. The summed E-state index contributed by atoms with van der Waals surface area (Å²) in [5.74, 6) is 2.27. The first kappa shape index (κ1) is 28.0. The predicted octanol–water partition coefficient (Wildman–Crippen LogP) is 4.98. The van der Waals surface area contributed by atoms with Crippen molar-refractivity contribution in [3.05, 3.63) is 58.6 Å². The summed E-state index contributed by atoms with van der Waals surface area (Å²) in [6.07, 6.45) is 4.09. The van der Waals surface area contributed by atoms with Crippen molar-refractivity contribution in [3.63, 3.8) is 0 Å². The van der Waals surface area contributed by atoms with Gasteiger partial charge in [0, 0.05) is 13.1 Å². The van der Waals surface area contributed by atoms with Gasteiger partial charge in [-0.05, 0) is 78.3 Å². The minimum absolute atomic E-state index is 0. The minimum atomic E-state index is -0.158. The number of hydrogen-bond donors (Lipinski definition) is 0. The number of fused-ring (bicyclic) bond motifs is 1. The number of rotatable bonds is 7. The first-order valence-corrected chi connectivity index (χ1v) is 12.7. The molecule has 0 spiro atoms. The van der Waals surface area contributed by atoms with Crippen LogP contribution < -0.4 is 9.47 Å². The highest BCUT2D eigenvalue weighted by atomic mass is 79.9. The molecule has 1 amide bonds. The van der Waals surface area contributed by atoms with Gasteiger partial charge in [0.05, 0.1) is 10.5 Å². The molecule has 3 heterocycles. The van der Waals surface area contributed by atoms with Crippen LogP contribution in [0.3, 0.4) is 0 Å². The van der Waals surface area contributed by atoms with Gasteiger partial charge >= 0.3 is 6.09 Å². The van der Waals surface area contributed by atoms with Crippen molar-refractivity contribution in [2.75, 3.05) is 39.4 Å². The van der Waals surface area contributed by atoms with Gasteiger partial charge in [0.15, 0.2) is 11.5 Å². The Kier molecular flexibility index (Phi) is 10.5. The smallest absolute Gasteiger partial charge is 0.410 e. The SMILES string of the molecule is O=C1OC[C@H](Cc2ccccc2)N1CCC1CCN(C[C@H]2COc3cccc(Br)c3O2)CC1.S.S. The van der Waals surface area contributed by atoms with E-state index in [1.807, 2.05) is 41.3 Å². The predicted molar refractivity (Wildman–Crippen MR) is 151 cm³/mol. The van der Waals surface area contributed by atoms with Crippen LogP contribution in [0.25, 0.3) is 0 Å². The second-order valence-corrected chi connectivity index (χ2v) is 10.1. The van der Waals surface area contributed by atoms with Gasteiger partial charge < -0.3 is 19.1 Å². The van der Waals surface area contributed by atoms with E-state index in [0.29, 0.717) is 19.1 Å². The normalized spacial score (nSPS) is 22.2. The number of hydrogen-bond acceptors (Lipinski definition) is 5. The van der Waals surface area contributed by atoms with E-state index in [1.54, 1.807) is 0 Å². The van der Waals surface area contributed by atoms with E-state index < -0.39 is 0 Å². The van der Waals surface area contributed by atoms with Gasteiger partial charge in [0.1, 0.15) is 19.3 Å². The molecular weight excluding hydrogens is 548 g/mol. The number of halogens is 1. The molecule has 6 nitrogen and oxygen atoms in total. The van der Waals surface area contributed by atoms with E-state index >= 15 is 0 Å². The summed E-state index contributed by atoms with van der Waals surface area (Å²) in [6.45, 7) is 4.87. The third-order valence-electron chi connectivity index (χ3n) is 6.98. The maximum Gasteiger partial charge on any atom is 0.410 e. The zero-order valence-electron chi connectivity index (χ0n) is 19.8. The molecule has 0 aromatic heterocycles. The van der Waals surface area contributed by atoms with Crippen molar-refractivity contribution in [1.29, 1.82) is 0 Å². The average molecular weight is 584 g/mol. The van der Waals surface area contributed by atoms with Crippen molar-refractivity contribution < 1.29 is 19.0 Å². The number of carbonyl (C=O) groups is 1. The van der Waals surface area contributed by atoms with Crippen LogP contribution in [0, 0.1) is 5.92 Å². The molecule has 0 N–H and O–H groups in total. The third kappa shape index (κ3) is 7.02. The third-order valence-corrected chi connectivity index (χ3v) is 7.60. The number of para-hydroxylation sites is 1. The lowest BCUT2D eigenvalue weighted by Gasteiger charge is -2.36. The van der Waals surface area contributed by atoms with Crippen LogP contribution in [0.15, 0.2) is 53.0 Å². The summed E-state index contributed by atoms with van der Waals surface area (Å²) in [5, 5.41) is 0. The summed E-state index contributed by atoms with van der Waals surface area (Å²) >= 11 is 3.56. The Morgan fingerprint density at radius 1 is 0.943 bits per heavy atom. The number of likely N-dealkylation sites (tertiary alicyclic amines) is 1. The summed E-state index contributed by atoms with van der Waals surface area (Å²) in [7, 11) is 0. The lowest BCUT2D eigenvalue weighted by Crippen LogP contribution is -2.44. The van der Waals surface area contributed by atoms with Crippen LogP contribution in [-0.4, -0.2) is 67.4 Å². The first-order valence-electron chi connectivity index (χ1n) is 11.9. The number of cyclic esters (lactones) is 1. The molecule has 35 heavy (non-hydrogen) atoms. The fraction of sp³-hybridized carbons (Fsp3) is 0.500. The lowest BCUT2D eigenvalue weighted by atomic mass is 9.93. The van der Waals surface area contributed by atoms with E-state index in [-0.39, 0.29) is 45.2 Å². The van der Waals surface area contributed by atoms with Crippen LogP contribution in [-0.2, 0) is 11.2 Å². The van der Waals surface area contributed by atoms with Gasteiger partial charge in [-0.1, -0.05) is 36.4 Å². The molecule has 2 aromatic carbocycles. The van der Waals surface area contributed by atoms with E-state index in [0.717, 1.165) is 67.8 Å². The van der Waals surface area contributed by atoms with Gasteiger partial charge in [0.25, 0.3) is 0 Å². The Labute approximate surface area is 230 Å². The molecule has 2 aromatic rings. The zero-order chi connectivity index (χ0) is 22.6. The molecule has 0 radical (unpaired) electrons. The van der Waals surface area contributed by atoms with E-state index in [9.17, 15) is 4.79 Å². The molecule has 0 saturated carbocycles. The molecule has 0 aliphatic carbocycles. The van der Waals surface area contributed by atoms with Crippen LogP contribution in [0.4, 0.5) is 4.79 Å². The average Bonchev–Trinajstić information content (AvgIpc) is 3.18. The molecule has 5 rings (SSSR count). The standard InChI is InChI=1S/C26H31BrN2O4.2H2S/c27-23-7-4-8-24-25(23)33-22(18-31-24)16-28-12-9-19(10-13-28)11-14-29-21(17-32-26(29)30)15-20-5-2-1-3-6-20;;/h1-8,19,21-22H,9-18H2;2*1H2/t21-,22-;;/m0../s1. The molecule has 9 heteroatoms. The summed E-state index contributed by atoms with van der Waals surface area (Å²) in [4.78, 5) is 16.7. The second kappa shape index (κ2) is 13.1. The zero-order valence-corrected chi connectivity index (χ0v) is 23.4. The summed E-state index contributed by atoms with van der Waals surface area (Å²) < 4.78 is 18.4. The second-order valence-electron chi connectivity index (χ2n) is 9.26. The largest absolute Gasteiger partial charge is 0.486 e. The van der Waals surface area contributed by atoms with Gasteiger partial charge in [-0.2, -0.15) is 27.0 Å². The maximum absolute atomic E-state index is 12.3. The fourth-order valence-electron chi connectivity index (χ4n) is 5.08. The van der Waals surface area contributed by atoms with Crippen molar-refractivity contribution >= 4 is 49.0 Å². The van der Waals surface area contributed by atoms with E-state index in [2.05, 4.69) is 33.0 Å². The minimum Gasteiger partial charge on any atom is -0.486 e. The number of carbonyl (C=O) groups excluding carboxylic acids is 1. The molecule has 3 aliphatic heterocycles. The molecule has 0 bridgehead atoms. The van der Waals surface area contributed by atoms with E-state index in [1.165, 1.54) is 5.56 Å². The highest BCUT2D eigenvalue weighted by Crippen LogP contribution is 2.38. The molecular formula is C26H35BrN2O4S2. The monoisotopic (exact) mass is 582 g/mol. The Morgan fingerprint density at radius 3 is 2.49 bits per heavy atom. The van der Waals surface area contributed by atoms with Crippen LogP contribution in [0.2, 0.25) is 0 Å². The van der Waals surface area contributed by atoms with Gasteiger partial charge in [-0.15, -0.1) is 0 Å². The summed E-state index contributed by atoms with van der Waals surface area (Å²) in [5.41, 5.74) is 1.25. The number of nitrogens with zero attached hydrogens (tertiary/aromatic N) is 2. The van der Waals surface area contributed by atoms with Gasteiger partial charge in [0.2, 0.25) is 0 Å². The van der Waals surface area contributed by atoms with Crippen LogP contribution in [0.5, 0.6) is 11.5 Å². The first-order chi connectivity index (χ1) is 16.2. The van der Waals surface area contributed by atoms with Crippen LogP contribution in [0.1, 0.15) is 24.8 Å². The van der Waals surface area contributed by atoms with Crippen molar-refractivity contribution in [3.8, 4) is 11.5 Å². The Bertz CT molecular complexity index is 960. The van der Waals surface area contributed by atoms with Gasteiger partial charge in [-0.25, -0.2) is 4.79 Å². The maximum atomic E-state index is 12.3. The Hall–Kier alpha value is -1.55.